The van der Waals surface area contributed by atoms with Crippen LogP contribution in [0, 0.1) is 13.1 Å². The molecule has 40 heavy (non-hydrogen) atoms. The van der Waals surface area contributed by atoms with Crippen molar-refractivity contribution < 1.29 is 13.2 Å². The Balaban J connectivity index is 1.78. The molecule has 0 spiro atoms. The monoisotopic (exact) mass is 522 g/mol. The Morgan fingerprint density at radius 2 is 1.00 bits per heavy atom. The predicted octanol–water partition coefficient (Wildman–Crippen LogP) is 11.1. The molecule has 0 unspecified atom stereocenters. The smallest absolute Gasteiger partial charge is 0.250 e. The summed E-state index contributed by atoms with van der Waals surface area (Å²) in [6.45, 7) is 15.5. The Labute approximate surface area is 228 Å². The van der Waals surface area contributed by atoms with E-state index < -0.39 is 11.7 Å². The van der Waals surface area contributed by atoms with E-state index in [2.05, 4.69) is 9.69 Å². The third kappa shape index (κ3) is 3.28. The number of halogens is 3. The van der Waals surface area contributed by atoms with E-state index in [9.17, 15) is 13.2 Å². The number of hydrogen-bond acceptors (Lipinski definition) is 0. The van der Waals surface area contributed by atoms with Gasteiger partial charge in [0.1, 0.15) is 0 Å². The molecule has 0 saturated heterocycles. The van der Waals surface area contributed by atoms with E-state index in [0.717, 1.165) is 55.3 Å². The first-order valence-corrected chi connectivity index (χ1v) is 12.6. The van der Waals surface area contributed by atoms with Crippen molar-refractivity contribution in [2.45, 2.75) is 6.18 Å². The lowest BCUT2D eigenvalue weighted by Crippen LogP contribution is -2.05. The number of fused-ring (bicyclic) bond motifs is 4. The van der Waals surface area contributed by atoms with Crippen LogP contribution in [0.4, 0.5) is 24.5 Å². The molecular formula is C35H17F3N2. The zero-order valence-corrected chi connectivity index (χ0v) is 20.8. The topological polar surface area (TPSA) is 8.72 Å². The Kier molecular flexibility index (Phi) is 5.07. The Morgan fingerprint density at radius 3 is 1.48 bits per heavy atom. The number of benzene rings is 6. The zero-order chi connectivity index (χ0) is 27.6. The van der Waals surface area contributed by atoms with Gasteiger partial charge in [-0.05, 0) is 72.1 Å². The van der Waals surface area contributed by atoms with E-state index in [1.54, 1.807) is 24.3 Å². The number of hydrogen-bond donors (Lipinski definition) is 0. The molecule has 0 aliphatic heterocycles. The van der Waals surface area contributed by atoms with Crippen LogP contribution in [-0.4, -0.2) is 0 Å². The minimum absolute atomic E-state index is 0.157. The first-order chi connectivity index (χ1) is 19.4. The van der Waals surface area contributed by atoms with Gasteiger partial charge in [-0.25, -0.2) is 0 Å². The van der Waals surface area contributed by atoms with Crippen molar-refractivity contribution in [1.82, 2.24) is 0 Å². The maximum Gasteiger partial charge on any atom is 0.417 e. The second-order valence-corrected chi connectivity index (χ2v) is 9.73. The quantitative estimate of drug-likeness (QED) is 0.200. The first-order valence-electron chi connectivity index (χ1n) is 12.6. The molecule has 0 fully saturated rings. The molecule has 0 heterocycles. The van der Waals surface area contributed by atoms with Gasteiger partial charge in [-0.1, -0.05) is 97.1 Å². The molecule has 0 saturated carbocycles. The van der Waals surface area contributed by atoms with Gasteiger partial charge in [0.15, 0.2) is 11.4 Å². The van der Waals surface area contributed by atoms with Crippen LogP contribution in [0.1, 0.15) is 5.56 Å². The zero-order valence-electron chi connectivity index (χ0n) is 20.8. The van der Waals surface area contributed by atoms with Gasteiger partial charge >= 0.3 is 6.18 Å². The number of rotatable bonds is 2. The van der Waals surface area contributed by atoms with Crippen molar-refractivity contribution in [1.29, 1.82) is 0 Å². The molecule has 1 aliphatic rings. The summed E-state index contributed by atoms with van der Waals surface area (Å²) in [5.74, 6) is 0. The highest BCUT2D eigenvalue weighted by molar-refractivity contribution is 6.28. The summed E-state index contributed by atoms with van der Waals surface area (Å²) >= 11 is 0. The van der Waals surface area contributed by atoms with Crippen LogP contribution >= 0.6 is 0 Å². The Bertz CT molecular complexity index is 1990. The summed E-state index contributed by atoms with van der Waals surface area (Å²) in [7, 11) is 0. The molecule has 7 rings (SSSR count). The molecule has 0 radical (unpaired) electrons. The van der Waals surface area contributed by atoms with Crippen LogP contribution in [0.3, 0.4) is 0 Å². The second-order valence-electron chi connectivity index (χ2n) is 9.73. The van der Waals surface area contributed by atoms with Gasteiger partial charge in [-0.3, -0.25) is 9.69 Å². The van der Waals surface area contributed by atoms with Crippen molar-refractivity contribution in [3.8, 4) is 44.5 Å². The van der Waals surface area contributed by atoms with Crippen LogP contribution in [0.25, 0.3) is 75.7 Å². The van der Waals surface area contributed by atoms with Crippen molar-refractivity contribution in [2.75, 3.05) is 0 Å². The van der Waals surface area contributed by atoms with Crippen molar-refractivity contribution in [3.05, 3.63) is 132 Å². The summed E-state index contributed by atoms with van der Waals surface area (Å²) in [5, 5.41) is 2.28. The van der Waals surface area contributed by atoms with Gasteiger partial charge in [0.05, 0.1) is 18.7 Å². The SMILES string of the molecule is [C-]#[N+]c1cc2c(-c3ccccc3)c3c(c(-c4ccccc4)c2cc1[N+]#[C-])-c1ccc(C(F)(F)F)c2cccc-3c12. The molecule has 0 atom stereocenters. The fourth-order valence-corrected chi connectivity index (χ4v) is 6.11. The Hall–Kier alpha value is -5.39. The maximum atomic E-state index is 14.2. The van der Waals surface area contributed by atoms with Gasteiger partial charge in [-0.2, -0.15) is 13.2 Å². The minimum atomic E-state index is -4.50. The summed E-state index contributed by atoms with van der Waals surface area (Å²) < 4.78 is 42.5. The van der Waals surface area contributed by atoms with Crippen LogP contribution in [0.15, 0.2) is 103 Å². The lowest BCUT2D eigenvalue weighted by atomic mass is 9.82. The number of alkyl halides is 3. The van der Waals surface area contributed by atoms with Gasteiger partial charge in [-0.15, -0.1) is 0 Å². The van der Waals surface area contributed by atoms with E-state index in [1.165, 1.54) is 12.1 Å². The van der Waals surface area contributed by atoms with Crippen LogP contribution in [0.5, 0.6) is 0 Å². The number of nitrogens with zero attached hydrogens (tertiary/aromatic N) is 2. The highest BCUT2D eigenvalue weighted by atomic mass is 19.4. The molecule has 0 aromatic heterocycles. The molecule has 1 aliphatic carbocycles. The molecule has 0 bridgehead atoms. The minimum Gasteiger partial charge on any atom is -0.250 e. The van der Waals surface area contributed by atoms with E-state index in [0.29, 0.717) is 5.39 Å². The summed E-state index contributed by atoms with van der Waals surface area (Å²) in [6, 6.07) is 30.8. The molecule has 0 amide bonds. The first kappa shape index (κ1) is 23.7. The van der Waals surface area contributed by atoms with E-state index in [-0.39, 0.29) is 16.8 Å². The molecular weight excluding hydrogens is 505 g/mol. The Morgan fingerprint density at radius 1 is 0.500 bits per heavy atom. The average Bonchev–Trinajstić information content (AvgIpc) is 3.30. The van der Waals surface area contributed by atoms with Crippen molar-refractivity contribution in [2.24, 2.45) is 0 Å². The molecule has 6 aromatic rings. The molecule has 0 N–H and O–H groups in total. The largest absolute Gasteiger partial charge is 0.417 e. The highest BCUT2D eigenvalue weighted by Crippen LogP contribution is 2.59. The molecule has 6 aromatic carbocycles. The maximum absolute atomic E-state index is 14.2. The average molecular weight is 523 g/mol. The highest BCUT2D eigenvalue weighted by Gasteiger charge is 2.37. The van der Waals surface area contributed by atoms with Crippen LogP contribution in [-0.2, 0) is 6.18 Å². The second kappa shape index (κ2) is 8.56. The van der Waals surface area contributed by atoms with Crippen molar-refractivity contribution in [3.63, 3.8) is 0 Å². The normalized spacial score (nSPS) is 11.8. The van der Waals surface area contributed by atoms with E-state index in [1.807, 2.05) is 66.7 Å². The standard InChI is InChI=1S/C35H17F3N2/c1-39-28-18-25-26(19-29(28)40-2)31(21-12-7-4-8-13-21)34-24-16-17-27(35(36,37)38)22-14-9-15-23(32(22)24)33(34)30(25)20-10-5-3-6-11-20/h3-19H. The van der Waals surface area contributed by atoms with E-state index in [4.69, 9.17) is 13.1 Å². The third-order valence-electron chi connectivity index (χ3n) is 7.65. The van der Waals surface area contributed by atoms with Gasteiger partial charge < -0.3 is 0 Å². The summed E-state index contributed by atoms with van der Waals surface area (Å²) in [4.78, 5) is 7.30. The van der Waals surface area contributed by atoms with Gasteiger partial charge in [0, 0.05) is 0 Å². The van der Waals surface area contributed by atoms with Gasteiger partial charge in [0.2, 0.25) is 0 Å². The van der Waals surface area contributed by atoms with E-state index >= 15 is 0 Å². The summed E-state index contributed by atoms with van der Waals surface area (Å²) in [6.07, 6.45) is -4.50. The predicted molar refractivity (Wildman–Crippen MR) is 154 cm³/mol. The molecule has 5 heteroatoms. The fraction of sp³-hybridized carbons (Fsp3) is 0.0286. The van der Waals surface area contributed by atoms with Gasteiger partial charge in [0.25, 0.3) is 0 Å². The fourth-order valence-electron chi connectivity index (χ4n) is 6.11. The summed E-state index contributed by atoms with van der Waals surface area (Å²) in [5.41, 5.74) is 6.39. The lowest BCUT2D eigenvalue weighted by Gasteiger charge is -2.21. The molecule has 188 valence electrons. The lowest BCUT2D eigenvalue weighted by molar-refractivity contribution is -0.136. The molecule has 2 nitrogen and oxygen atoms in total. The third-order valence-corrected chi connectivity index (χ3v) is 7.65. The van der Waals surface area contributed by atoms with Crippen LogP contribution < -0.4 is 0 Å². The van der Waals surface area contributed by atoms with Crippen LogP contribution in [0.2, 0.25) is 0 Å². The van der Waals surface area contributed by atoms with Crippen molar-refractivity contribution >= 4 is 32.9 Å².